The molecule has 1 atom stereocenters. The van der Waals surface area contributed by atoms with E-state index >= 15 is 0 Å². The molecule has 27 heavy (non-hydrogen) atoms. The Kier molecular flexibility index (Phi) is 8.30. The molecule has 0 radical (unpaired) electrons. The minimum Gasteiger partial charge on any atom is -0.497 e. The highest BCUT2D eigenvalue weighted by Crippen LogP contribution is 2.21. The highest BCUT2D eigenvalue weighted by Gasteiger charge is 2.11. The van der Waals surface area contributed by atoms with Crippen molar-refractivity contribution in [1.29, 1.82) is 0 Å². The molecule has 0 saturated carbocycles. The topological polar surface area (TPSA) is 67.8 Å². The van der Waals surface area contributed by atoms with Crippen molar-refractivity contribution in [3.63, 3.8) is 0 Å². The molecule has 0 aliphatic rings. The Labute approximate surface area is 161 Å². The van der Waals surface area contributed by atoms with Gasteiger partial charge >= 0.3 is 0 Å². The lowest BCUT2D eigenvalue weighted by Crippen LogP contribution is -2.35. The van der Waals surface area contributed by atoms with Gasteiger partial charge in [0.15, 0.2) is 5.78 Å². The number of Topliss-reactive ketones (excluding diaryl/α,β-unsaturated/α-hetero) is 1. The van der Waals surface area contributed by atoms with E-state index < -0.39 is 6.10 Å². The average Bonchev–Trinajstić information content (AvgIpc) is 2.69. The number of hydrogen-bond donors (Lipinski definition) is 2. The summed E-state index contributed by atoms with van der Waals surface area (Å²) in [5, 5.41) is 13.2. The number of aryl methyl sites for hydroxylation is 1. The van der Waals surface area contributed by atoms with Crippen molar-refractivity contribution in [1.82, 2.24) is 5.32 Å². The summed E-state index contributed by atoms with van der Waals surface area (Å²) in [6.07, 6.45) is 0.372. The van der Waals surface area contributed by atoms with E-state index in [1.165, 1.54) is 0 Å². The van der Waals surface area contributed by atoms with Gasteiger partial charge in [-0.1, -0.05) is 44.2 Å². The standard InChI is InChI=1S/C22H29NO4/c1-16(2)23-14-19(24)15-27-22-10-5-4-7-17(22)11-12-21(25)18-8-6-9-20(13-18)26-3/h4-10,13,16,19,23-24H,11-12,14-15H2,1-3H3. The Morgan fingerprint density at radius 2 is 1.93 bits per heavy atom. The number of carbonyl (C=O) groups excluding carboxylic acids is 1. The summed E-state index contributed by atoms with van der Waals surface area (Å²) in [4.78, 5) is 12.5. The number of para-hydroxylation sites is 1. The van der Waals surface area contributed by atoms with Gasteiger partial charge < -0.3 is 19.9 Å². The van der Waals surface area contributed by atoms with Crippen molar-refractivity contribution in [2.24, 2.45) is 0 Å². The lowest BCUT2D eigenvalue weighted by Gasteiger charge is -2.16. The Morgan fingerprint density at radius 3 is 2.67 bits per heavy atom. The van der Waals surface area contributed by atoms with E-state index in [0.717, 1.165) is 5.56 Å². The number of hydrogen-bond acceptors (Lipinski definition) is 5. The molecule has 2 aromatic carbocycles. The molecule has 5 nitrogen and oxygen atoms in total. The molecule has 2 aromatic rings. The smallest absolute Gasteiger partial charge is 0.163 e. The molecule has 2 rings (SSSR count). The van der Waals surface area contributed by atoms with Crippen molar-refractivity contribution in [2.45, 2.75) is 38.8 Å². The molecule has 0 aromatic heterocycles. The van der Waals surface area contributed by atoms with Crippen LogP contribution in [0.25, 0.3) is 0 Å². The largest absolute Gasteiger partial charge is 0.497 e. The highest BCUT2D eigenvalue weighted by molar-refractivity contribution is 5.96. The number of aliphatic hydroxyl groups excluding tert-OH is 1. The van der Waals surface area contributed by atoms with E-state index in [1.807, 2.05) is 50.2 Å². The third kappa shape index (κ3) is 7.04. The lowest BCUT2D eigenvalue weighted by atomic mass is 10.0. The minimum atomic E-state index is -0.584. The summed E-state index contributed by atoms with van der Waals surface area (Å²) in [6.45, 7) is 4.75. The molecule has 1 unspecified atom stereocenters. The summed E-state index contributed by atoms with van der Waals surface area (Å²) in [6, 6.07) is 15.1. The van der Waals surface area contributed by atoms with Crippen LogP contribution in [-0.2, 0) is 6.42 Å². The summed E-state index contributed by atoms with van der Waals surface area (Å²) < 4.78 is 11.0. The van der Waals surface area contributed by atoms with Crippen LogP contribution in [0.1, 0.15) is 36.2 Å². The van der Waals surface area contributed by atoms with Gasteiger partial charge in [-0.15, -0.1) is 0 Å². The van der Waals surface area contributed by atoms with Crippen molar-refractivity contribution in [2.75, 3.05) is 20.3 Å². The van der Waals surface area contributed by atoms with Gasteiger partial charge in [-0.2, -0.15) is 0 Å². The highest BCUT2D eigenvalue weighted by atomic mass is 16.5. The normalized spacial score (nSPS) is 12.0. The predicted molar refractivity (Wildman–Crippen MR) is 107 cm³/mol. The van der Waals surface area contributed by atoms with Crippen LogP contribution in [0, 0.1) is 0 Å². The Morgan fingerprint density at radius 1 is 1.15 bits per heavy atom. The zero-order chi connectivity index (χ0) is 19.6. The lowest BCUT2D eigenvalue weighted by molar-refractivity contribution is 0.0978. The van der Waals surface area contributed by atoms with Gasteiger partial charge in [0.2, 0.25) is 0 Å². The van der Waals surface area contributed by atoms with Crippen LogP contribution in [0.3, 0.4) is 0 Å². The number of rotatable bonds is 11. The zero-order valence-corrected chi connectivity index (χ0v) is 16.3. The number of ether oxygens (including phenoxy) is 2. The van der Waals surface area contributed by atoms with Crippen LogP contribution in [0.4, 0.5) is 0 Å². The summed E-state index contributed by atoms with van der Waals surface area (Å²) in [7, 11) is 1.59. The molecule has 0 bridgehead atoms. The predicted octanol–water partition coefficient (Wildman–Crippen LogP) is 3.25. The van der Waals surface area contributed by atoms with E-state index in [2.05, 4.69) is 5.32 Å². The number of nitrogens with one attached hydrogen (secondary N) is 1. The number of carbonyl (C=O) groups is 1. The Balaban J connectivity index is 1.92. The van der Waals surface area contributed by atoms with Gasteiger partial charge in [-0.05, 0) is 30.2 Å². The second-order valence-corrected chi connectivity index (χ2v) is 6.79. The Hall–Kier alpha value is -2.37. The van der Waals surface area contributed by atoms with Crippen molar-refractivity contribution in [3.8, 4) is 11.5 Å². The maximum Gasteiger partial charge on any atom is 0.163 e. The van der Waals surface area contributed by atoms with Gasteiger partial charge in [-0.3, -0.25) is 4.79 Å². The second-order valence-electron chi connectivity index (χ2n) is 6.79. The summed E-state index contributed by atoms with van der Waals surface area (Å²) in [5.74, 6) is 1.44. The van der Waals surface area contributed by atoms with Crippen LogP contribution < -0.4 is 14.8 Å². The molecule has 5 heteroatoms. The molecule has 2 N–H and O–H groups in total. The van der Waals surface area contributed by atoms with Crippen LogP contribution >= 0.6 is 0 Å². The van der Waals surface area contributed by atoms with Crippen LogP contribution in [-0.4, -0.2) is 43.3 Å². The molecule has 0 saturated heterocycles. The molecule has 0 fully saturated rings. The molecule has 0 spiro atoms. The maximum atomic E-state index is 12.5. The van der Waals surface area contributed by atoms with Crippen LogP contribution in [0.15, 0.2) is 48.5 Å². The molecular formula is C22H29NO4. The first-order chi connectivity index (χ1) is 13.0. The summed E-state index contributed by atoms with van der Waals surface area (Å²) >= 11 is 0. The number of benzene rings is 2. The Bertz CT molecular complexity index is 730. The molecule has 146 valence electrons. The maximum absolute atomic E-state index is 12.5. The first-order valence-electron chi connectivity index (χ1n) is 9.29. The SMILES string of the molecule is COc1cccc(C(=O)CCc2ccccc2OCC(O)CNC(C)C)c1. The van der Waals surface area contributed by atoms with Crippen LogP contribution in [0.5, 0.6) is 11.5 Å². The first-order valence-corrected chi connectivity index (χ1v) is 9.29. The van der Waals surface area contributed by atoms with Gasteiger partial charge in [0, 0.05) is 24.6 Å². The average molecular weight is 371 g/mol. The van der Waals surface area contributed by atoms with Crippen molar-refractivity contribution in [3.05, 3.63) is 59.7 Å². The summed E-state index contributed by atoms with van der Waals surface area (Å²) in [5.41, 5.74) is 1.60. The van der Waals surface area contributed by atoms with E-state index in [4.69, 9.17) is 9.47 Å². The third-order valence-electron chi connectivity index (χ3n) is 4.18. The second kappa shape index (κ2) is 10.7. The van der Waals surface area contributed by atoms with E-state index in [0.29, 0.717) is 42.5 Å². The van der Waals surface area contributed by atoms with E-state index in [1.54, 1.807) is 19.2 Å². The number of aliphatic hydroxyl groups is 1. The molecule has 0 amide bonds. The van der Waals surface area contributed by atoms with Gasteiger partial charge in [0.1, 0.15) is 24.2 Å². The number of methoxy groups -OCH3 is 1. The van der Waals surface area contributed by atoms with Gasteiger partial charge in [-0.25, -0.2) is 0 Å². The monoisotopic (exact) mass is 371 g/mol. The molecule has 0 heterocycles. The zero-order valence-electron chi connectivity index (χ0n) is 16.3. The fourth-order valence-electron chi connectivity index (χ4n) is 2.66. The van der Waals surface area contributed by atoms with Gasteiger partial charge in [0.25, 0.3) is 0 Å². The molecule has 0 aliphatic heterocycles. The van der Waals surface area contributed by atoms with Crippen LogP contribution in [0.2, 0.25) is 0 Å². The van der Waals surface area contributed by atoms with Crippen molar-refractivity contribution >= 4 is 5.78 Å². The fourth-order valence-corrected chi connectivity index (χ4v) is 2.66. The quantitative estimate of drug-likeness (QED) is 0.594. The molecule has 0 aliphatic carbocycles. The number of ketones is 1. The minimum absolute atomic E-state index is 0.0601. The van der Waals surface area contributed by atoms with Crippen molar-refractivity contribution < 1.29 is 19.4 Å². The fraction of sp³-hybridized carbons (Fsp3) is 0.409. The molecular weight excluding hydrogens is 342 g/mol. The third-order valence-corrected chi connectivity index (χ3v) is 4.18. The van der Waals surface area contributed by atoms with Gasteiger partial charge in [0.05, 0.1) is 7.11 Å². The van der Waals surface area contributed by atoms with E-state index in [9.17, 15) is 9.90 Å². The first kappa shape index (κ1) is 20.9. The van der Waals surface area contributed by atoms with E-state index in [-0.39, 0.29) is 12.4 Å².